The molecule has 0 saturated carbocycles. The summed E-state index contributed by atoms with van der Waals surface area (Å²) in [4.78, 5) is 27.5. The smallest absolute Gasteiger partial charge is 0.251 e. The number of rotatable bonds is 9. The molecule has 0 aliphatic carbocycles. The predicted octanol–water partition coefficient (Wildman–Crippen LogP) is 1.96. The Morgan fingerprint density at radius 2 is 1.62 bits per heavy atom. The first-order valence-corrected chi connectivity index (χ1v) is 10.3. The standard InChI is InChI=1S/C23H30N4O2/c28-22(25-12-7-15-27-16-13-24-14-17-27)18-21(19-8-3-1-4-9-19)26-23(29)20-10-5-2-6-11-20/h1-6,8-11,21,24H,7,12-18H2,(H,25,28)(H,26,29). The number of amides is 2. The van der Waals surface area contributed by atoms with Crippen molar-refractivity contribution in [3.63, 3.8) is 0 Å². The van der Waals surface area contributed by atoms with Gasteiger partial charge in [0.25, 0.3) is 5.91 Å². The van der Waals surface area contributed by atoms with Gasteiger partial charge in [0.2, 0.25) is 5.91 Å². The Morgan fingerprint density at radius 1 is 0.966 bits per heavy atom. The van der Waals surface area contributed by atoms with E-state index in [1.54, 1.807) is 12.1 Å². The number of hydrogen-bond acceptors (Lipinski definition) is 4. The first kappa shape index (κ1) is 21.0. The SMILES string of the molecule is O=C(CC(NC(=O)c1ccccc1)c1ccccc1)NCCCN1CCNCC1. The van der Waals surface area contributed by atoms with Crippen LogP contribution < -0.4 is 16.0 Å². The lowest BCUT2D eigenvalue weighted by Crippen LogP contribution is -2.44. The van der Waals surface area contributed by atoms with Crippen LogP contribution in [0.3, 0.4) is 0 Å². The van der Waals surface area contributed by atoms with Crippen LogP contribution in [-0.2, 0) is 4.79 Å². The highest BCUT2D eigenvalue weighted by atomic mass is 16.2. The van der Waals surface area contributed by atoms with Gasteiger partial charge in [0, 0.05) is 38.3 Å². The Balaban J connectivity index is 1.51. The number of nitrogens with zero attached hydrogens (tertiary/aromatic N) is 1. The van der Waals surface area contributed by atoms with E-state index in [0.29, 0.717) is 12.1 Å². The average Bonchev–Trinajstić information content (AvgIpc) is 2.78. The molecule has 2 amide bonds. The van der Waals surface area contributed by atoms with Crippen LogP contribution in [0.2, 0.25) is 0 Å². The largest absolute Gasteiger partial charge is 0.356 e. The van der Waals surface area contributed by atoms with E-state index in [9.17, 15) is 9.59 Å². The van der Waals surface area contributed by atoms with E-state index in [1.807, 2.05) is 48.5 Å². The Kier molecular flexibility index (Phi) is 8.22. The number of carbonyl (C=O) groups is 2. The molecule has 1 fully saturated rings. The highest BCUT2D eigenvalue weighted by Crippen LogP contribution is 2.17. The minimum atomic E-state index is -0.364. The van der Waals surface area contributed by atoms with Crippen molar-refractivity contribution in [1.29, 1.82) is 0 Å². The second-order valence-electron chi connectivity index (χ2n) is 7.30. The second-order valence-corrected chi connectivity index (χ2v) is 7.30. The Labute approximate surface area is 172 Å². The van der Waals surface area contributed by atoms with Gasteiger partial charge in [-0.1, -0.05) is 48.5 Å². The van der Waals surface area contributed by atoms with Crippen LogP contribution in [0.5, 0.6) is 0 Å². The van der Waals surface area contributed by atoms with Gasteiger partial charge in [0.05, 0.1) is 12.5 Å². The molecule has 1 aliphatic rings. The van der Waals surface area contributed by atoms with E-state index >= 15 is 0 Å². The zero-order valence-electron chi connectivity index (χ0n) is 16.8. The molecular weight excluding hydrogens is 364 g/mol. The average molecular weight is 395 g/mol. The quantitative estimate of drug-likeness (QED) is 0.569. The molecule has 1 aliphatic heterocycles. The first-order chi connectivity index (χ1) is 14.2. The van der Waals surface area contributed by atoms with Gasteiger partial charge in [-0.3, -0.25) is 9.59 Å². The summed E-state index contributed by atoms with van der Waals surface area (Å²) in [6.45, 7) is 5.84. The summed E-state index contributed by atoms with van der Waals surface area (Å²) < 4.78 is 0. The molecule has 2 aromatic rings. The topological polar surface area (TPSA) is 73.5 Å². The van der Waals surface area contributed by atoms with Crippen molar-refractivity contribution in [3.05, 3.63) is 71.8 Å². The van der Waals surface area contributed by atoms with Crippen molar-refractivity contribution in [1.82, 2.24) is 20.9 Å². The zero-order valence-corrected chi connectivity index (χ0v) is 16.8. The third kappa shape index (κ3) is 7.00. The van der Waals surface area contributed by atoms with Crippen molar-refractivity contribution in [2.45, 2.75) is 18.9 Å². The Bertz CT molecular complexity index is 761. The van der Waals surface area contributed by atoms with Gasteiger partial charge in [-0.2, -0.15) is 0 Å². The lowest BCUT2D eigenvalue weighted by atomic mass is 10.0. The predicted molar refractivity (Wildman–Crippen MR) is 115 cm³/mol. The molecule has 6 nitrogen and oxygen atoms in total. The molecule has 0 radical (unpaired) electrons. The van der Waals surface area contributed by atoms with Crippen molar-refractivity contribution in [2.24, 2.45) is 0 Å². The number of benzene rings is 2. The normalized spacial score (nSPS) is 15.4. The molecule has 29 heavy (non-hydrogen) atoms. The lowest BCUT2D eigenvalue weighted by Gasteiger charge is -2.27. The van der Waals surface area contributed by atoms with Crippen LogP contribution >= 0.6 is 0 Å². The van der Waals surface area contributed by atoms with E-state index in [4.69, 9.17) is 0 Å². The number of piperazine rings is 1. The summed E-state index contributed by atoms with van der Waals surface area (Å²) in [6.07, 6.45) is 1.15. The zero-order chi connectivity index (χ0) is 20.3. The maximum atomic E-state index is 12.6. The minimum absolute atomic E-state index is 0.0486. The fraction of sp³-hybridized carbons (Fsp3) is 0.391. The first-order valence-electron chi connectivity index (χ1n) is 10.3. The molecule has 1 saturated heterocycles. The van der Waals surface area contributed by atoms with Gasteiger partial charge in [0.15, 0.2) is 0 Å². The maximum Gasteiger partial charge on any atom is 0.251 e. The Morgan fingerprint density at radius 3 is 2.31 bits per heavy atom. The van der Waals surface area contributed by atoms with Crippen LogP contribution in [0.1, 0.15) is 34.8 Å². The Hall–Kier alpha value is -2.70. The highest BCUT2D eigenvalue weighted by molar-refractivity contribution is 5.94. The summed E-state index contributed by atoms with van der Waals surface area (Å²) in [5.41, 5.74) is 1.51. The van der Waals surface area contributed by atoms with E-state index in [2.05, 4.69) is 20.9 Å². The van der Waals surface area contributed by atoms with Gasteiger partial charge in [-0.25, -0.2) is 0 Å². The second kappa shape index (κ2) is 11.3. The highest BCUT2D eigenvalue weighted by Gasteiger charge is 2.19. The minimum Gasteiger partial charge on any atom is -0.356 e. The molecule has 6 heteroatoms. The third-order valence-corrected chi connectivity index (χ3v) is 5.12. The van der Waals surface area contributed by atoms with Gasteiger partial charge >= 0.3 is 0 Å². The van der Waals surface area contributed by atoms with Crippen LogP contribution in [0.25, 0.3) is 0 Å². The van der Waals surface area contributed by atoms with Crippen LogP contribution in [0.15, 0.2) is 60.7 Å². The van der Waals surface area contributed by atoms with E-state index in [0.717, 1.165) is 44.7 Å². The molecule has 1 unspecified atom stereocenters. The maximum absolute atomic E-state index is 12.6. The molecule has 0 bridgehead atoms. The van der Waals surface area contributed by atoms with Gasteiger partial charge in [-0.05, 0) is 30.7 Å². The molecule has 1 heterocycles. The molecule has 0 spiro atoms. The number of nitrogens with one attached hydrogen (secondary N) is 3. The summed E-state index contributed by atoms with van der Waals surface area (Å²) in [5, 5.41) is 9.35. The monoisotopic (exact) mass is 394 g/mol. The van der Waals surface area contributed by atoms with Crippen molar-refractivity contribution in [3.8, 4) is 0 Å². The lowest BCUT2D eigenvalue weighted by molar-refractivity contribution is -0.121. The summed E-state index contributed by atoms with van der Waals surface area (Å²) in [7, 11) is 0. The molecule has 1 atom stereocenters. The molecule has 0 aromatic heterocycles. The van der Waals surface area contributed by atoms with Crippen LogP contribution in [0.4, 0.5) is 0 Å². The van der Waals surface area contributed by atoms with Crippen molar-refractivity contribution >= 4 is 11.8 Å². The summed E-state index contributed by atoms with van der Waals surface area (Å²) in [5.74, 6) is -0.224. The summed E-state index contributed by atoms with van der Waals surface area (Å²) >= 11 is 0. The summed E-state index contributed by atoms with van der Waals surface area (Å²) in [6, 6.07) is 18.4. The fourth-order valence-electron chi connectivity index (χ4n) is 3.49. The van der Waals surface area contributed by atoms with Gasteiger partial charge in [0.1, 0.15) is 0 Å². The molecule has 3 N–H and O–H groups in total. The van der Waals surface area contributed by atoms with Crippen molar-refractivity contribution in [2.75, 3.05) is 39.3 Å². The van der Waals surface area contributed by atoms with E-state index in [-0.39, 0.29) is 24.3 Å². The molecule has 154 valence electrons. The van der Waals surface area contributed by atoms with Crippen LogP contribution in [0, 0.1) is 0 Å². The molecule has 3 rings (SSSR count). The van der Waals surface area contributed by atoms with Crippen LogP contribution in [-0.4, -0.2) is 56.0 Å². The van der Waals surface area contributed by atoms with Crippen molar-refractivity contribution < 1.29 is 9.59 Å². The van der Waals surface area contributed by atoms with Gasteiger partial charge in [-0.15, -0.1) is 0 Å². The fourth-order valence-corrected chi connectivity index (χ4v) is 3.49. The van der Waals surface area contributed by atoms with Gasteiger partial charge < -0.3 is 20.9 Å². The van der Waals surface area contributed by atoms with E-state index in [1.165, 1.54) is 0 Å². The number of hydrogen-bond donors (Lipinski definition) is 3. The molecular formula is C23H30N4O2. The van der Waals surface area contributed by atoms with E-state index < -0.39 is 0 Å². The number of carbonyl (C=O) groups excluding carboxylic acids is 2. The third-order valence-electron chi connectivity index (χ3n) is 5.12. The molecule has 2 aromatic carbocycles.